The molecule has 1 aromatic heterocycles. The van der Waals surface area contributed by atoms with E-state index in [1.54, 1.807) is 11.8 Å². The van der Waals surface area contributed by atoms with Crippen molar-refractivity contribution in [3.05, 3.63) is 63.6 Å². The van der Waals surface area contributed by atoms with Crippen LogP contribution in [-0.4, -0.2) is 10.2 Å². The monoisotopic (exact) mass is 381 g/mol. The van der Waals surface area contributed by atoms with E-state index in [-0.39, 0.29) is 0 Å². The van der Waals surface area contributed by atoms with Crippen LogP contribution in [0, 0.1) is 6.92 Å². The standard InChI is InChI=1S/C16H13Cl2N3S2/c1-10-4-2-5-11(8-10)19-15-20-21-16(23-15)22-9-12-13(17)6-3-7-14(12)18/h2-8H,9H2,1H3,(H,19,20). The number of thioether (sulfide) groups is 1. The highest BCUT2D eigenvalue weighted by Gasteiger charge is 2.09. The number of aryl methyl sites for hydroxylation is 1. The summed E-state index contributed by atoms with van der Waals surface area (Å²) in [5.41, 5.74) is 3.12. The SMILES string of the molecule is Cc1cccc(Nc2nnc(SCc3c(Cl)cccc3Cl)s2)c1. The third-order valence-electron chi connectivity index (χ3n) is 3.08. The summed E-state index contributed by atoms with van der Waals surface area (Å²) in [4.78, 5) is 0. The Bertz CT molecular complexity index is 800. The average Bonchev–Trinajstić information content (AvgIpc) is 2.94. The molecule has 0 unspecified atom stereocenters. The summed E-state index contributed by atoms with van der Waals surface area (Å²) in [6, 6.07) is 13.7. The smallest absolute Gasteiger partial charge is 0.210 e. The van der Waals surface area contributed by atoms with Gasteiger partial charge in [0, 0.05) is 21.5 Å². The normalized spacial score (nSPS) is 10.7. The van der Waals surface area contributed by atoms with Gasteiger partial charge in [-0.05, 0) is 42.3 Å². The molecular weight excluding hydrogens is 369 g/mol. The van der Waals surface area contributed by atoms with Crippen LogP contribution in [0.25, 0.3) is 0 Å². The Morgan fingerprint density at radius 1 is 1.09 bits per heavy atom. The Morgan fingerprint density at radius 3 is 2.57 bits per heavy atom. The molecule has 0 amide bonds. The van der Waals surface area contributed by atoms with Crippen molar-refractivity contribution in [2.75, 3.05) is 5.32 Å². The molecule has 0 radical (unpaired) electrons. The Kier molecular flexibility index (Phi) is 5.43. The molecule has 0 spiro atoms. The summed E-state index contributed by atoms with van der Waals surface area (Å²) in [5, 5.41) is 13.7. The molecule has 3 nitrogen and oxygen atoms in total. The van der Waals surface area contributed by atoms with Gasteiger partial charge in [-0.1, -0.05) is 64.5 Å². The van der Waals surface area contributed by atoms with Crippen LogP contribution in [0.3, 0.4) is 0 Å². The summed E-state index contributed by atoms with van der Waals surface area (Å²) in [7, 11) is 0. The fraction of sp³-hybridized carbons (Fsp3) is 0.125. The zero-order chi connectivity index (χ0) is 16.2. The highest BCUT2D eigenvalue weighted by atomic mass is 35.5. The Hall–Kier alpha value is -1.27. The van der Waals surface area contributed by atoms with Crippen LogP contribution in [0.5, 0.6) is 0 Å². The molecule has 0 fully saturated rings. The van der Waals surface area contributed by atoms with Crippen molar-refractivity contribution in [3.8, 4) is 0 Å². The maximum Gasteiger partial charge on any atom is 0.210 e. The van der Waals surface area contributed by atoms with Crippen LogP contribution in [0.15, 0.2) is 46.8 Å². The summed E-state index contributed by atoms with van der Waals surface area (Å²) in [6.45, 7) is 2.06. The van der Waals surface area contributed by atoms with Crippen molar-refractivity contribution in [2.45, 2.75) is 17.0 Å². The summed E-state index contributed by atoms with van der Waals surface area (Å²) < 4.78 is 0.871. The molecule has 7 heteroatoms. The van der Waals surface area contributed by atoms with E-state index in [0.717, 1.165) is 20.7 Å². The minimum absolute atomic E-state index is 0.664. The molecule has 1 heterocycles. The molecule has 0 bridgehead atoms. The molecule has 118 valence electrons. The second kappa shape index (κ2) is 7.53. The molecule has 23 heavy (non-hydrogen) atoms. The molecule has 0 aliphatic carbocycles. The number of anilines is 2. The van der Waals surface area contributed by atoms with Crippen LogP contribution in [0.2, 0.25) is 10.0 Å². The van der Waals surface area contributed by atoms with E-state index in [2.05, 4.69) is 34.6 Å². The van der Waals surface area contributed by atoms with Crippen molar-refractivity contribution >= 4 is 57.1 Å². The van der Waals surface area contributed by atoms with E-state index >= 15 is 0 Å². The van der Waals surface area contributed by atoms with Crippen molar-refractivity contribution in [3.63, 3.8) is 0 Å². The van der Waals surface area contributed by atoms with E-state index in [0.29, 0.717) is 15.8 Å². The van der Waals surface area contributed by atoms with Gasteiger partial charge in [-0.3, -0.25) is 0 Å². The van der Waals surface area contributed by atoms with Gasteiger partial charge in [0.05, 0.1) is 0 Å². The third kappa shape index (κ3) is 4.38. The van der Waals surface area contributed by atoms with Crippen molar-refractivity contribution < 1.29 is 0 Å². The summed E-state index contributed by atoms with van der Waals surface area (Å²) in [5.74, 6) is 0.664. The predicted octanol–water partition coefficient (Wildman–Crippen LogP) is 6.19. The minimum Gasteiger partial charge on any atom is -0.330 e. The zero-order valence-electron chi connectivity index (χ0n) is 12.2. The van der Waals surface area contributed by atoms with E-state index in [4.69, 9.17) is 23.2 Å². The molecule has 0 atom stereocenters. The van der Waals surface area contributed by atoms with Gasteiger partial charge in [0.15, 0.2) is 4.34 Å². The Balaban J connectivity index is 1.66. The highest BCUT2D eigenvalue weighted by Crippen LogP contribution is 2.34. The van der Waals surface area contributed by atoms with Crippen LogP contribution >= 0.6 is 46.3 Å². The van der Waals surface area contributed by atoms with Crippen LogP contribution in [0.1, 0.15) is 11.1 Å². The summed E-state index contributed by atoms with van der Waals surface area (Å²) in [6.07, 6.45) is 0. The maximum absolute atomic E-state index is 6.18. The largest absolute Gasteiger partial charge is 0.330 e. The minimum atomic E-state index is 0.664. The van der Waals surface area contributed by atoms with E-state index in [1.807, 2.05) is 30.3 Å². The molecule has 3 rings (SSSR count). The lowest BCUT2D eigenvalue weighted by molar-refractivity contribution is 1.01. The van der Waals surface area contributed by atoms with Crippen LogP contribution < -0.4 is 5.32 Å². The average molecular weight is 382 g/mol. The third-order valence-corrected chi connectivity index (χ3v) is 5.78. The number of hydrogen-bond donors (Lipinski definition) is 1. The number of nitrogens with zero attached hydrogens (tertiary/aromatic N) is 2. The lowest BCUT2D eigenvalue weighted by atomic mass is 10.2. The van der Waals surface area contributed by atoms with Crippen molar-refractivity contribution in [1.82, 2.24) is 10.2 Å². The molecule has 3 aromatic rings. The lowest BCUT2D eigenvalue weighted by Crippen LogP contribution is -1.89. The van der Waals surface area contributed by atoms with Crippen molar-refractivity contribution in [2.24, 2.45) is 0 Å². The second-order valence-electron chi connectivity index (χ2n) is 4.86. The first-order valence-corrected chi connectivity index (χ1v) is 9.40. The lowest BCUT2D eigenvalue weighted by Gasteiger charge is -2.04. The molecule has 1 N–H and O–H groups in total. The Morgan fingerprint density at radius 2 is 1.83 bits per heavy atom. The number of hydrogen-bond acceptors (Lipinski definition) is 5. The summed E-state index contributed by atoms with van der Waals surface area (Å²) >= 11 is 15.4. The van der Waals surface area contributed by atoms with Gasteiger partial charge >= 0.3 is 0 Å². The van der Waals surface area contributed by atoms with Gasteiger partial charge in [0.25, 0.3) is 0 Å². The first-order chi connectivity index (χ1) is 11.1. The van der Waals surface area contributed by atoms with E-state index in [1.165, 1.54) is 16.9 Å². The Labute approximate surface area is 153 Å². The van der Waals surface area contributed by atoms with Gasteiger partial charge in [-0.25, -0.2) is 0 Å². The van der Waals surface area contributed by atoms with Gasteiger partial charge in [-0.15, -0.1) is 10.2 Å². The number of halogens is 2. The first kappa shape index (κ1) is 16.6. The molecular formula is C16H13Cl2N3S2. The van der Waals surface area contributed by atoms with Gasteiger partial charge in [-0.2, -0.15) is 0 Å². The molecule has 0 aliphatic rings. The number of nitrogens with one attached hydrogen (secondary N) is 1. The molecule has 0 saturated heterocycles. The number of aromatic nitrogens is 2. The number of benzene rings is 2. The van der Waals surface area contributed by atoms with E-state index in [9.17, 15) is 0 Å². The van der Waals surface area contributed by atoms with Crippen LogP contribution in [0.4, 0.5) is 10.8 Å². The zero-order valence-corrected chi connectivity index (χ0v) is 15.4. The maximum atomic E-state index is 6.18. The first-order valence-electron chi connectivity index (χ1n) is 6.85. The molecule has 0 aliphatic heterocycles. The highest BCUT2D eigenvalue weighted by molar-refractivity contribution is 8.00. The van der Waals surface area contributed by atoms with Crippen LogP contribution in [-0.2, 0) is 5.75 Å². The fourth-order valence-corrected chi connectivity index (χ4v) is 4.48. The quantitative estimate of drug-likeness (QED) is 0.534. The van der Waals surface area contributed by atoms with Crippen molar-refractivity contribution in [1.29, 1.82) is 0 Å². The second-order valence-corrected chi connectivity index (χ2v) is 7.87. The van der Waals surface area contributed by atoms with E-state index < -0.39 is 0 Å². The van der Waals surface area contributed by atoms with Gasteiger partial charge in [0.2, 0.25) is 5.13 Å². The molecule has 0 saturated carbocycles. The predicted molar refractivity (Wildman–Crippen MR) is 100 cm³/mol. The fourth-order valence-electron chi connectivity index (χ4n) is 1.97. The molecule has 2 aromatic carbocycles. The topological polar surface area (TPSA) is 37.8 Å². The number of rotatable bonds is 5. The van der Waals surface area contributed by atoms with Gasteiger partial charge < -0.3 is 5.32 Å². The van der Waals surface area contributed by atoms with Gasteiger partial charge in [0.1, 0.15) is 0 Å².